The summed E-state index contributed by atoms with van der Waals surface area (Å²) in [6.45, 7) is 0.717. The van der Waals surface area contributed by atoms with Crippen LogP contribution < -0.4 is 10.1 Å². The minimum absolute atomic E-state index is 0.0205. The number of anilines is 2. The summed E-state index contributed by atoms with van der Waals surface area (Å²) in [5, 5.41) is 13.6. The fraction of sp³-hybridized carbons (Fsp3) is 0.154. The lowest BCUT2D eigenvalue weighted by atomic mass is 10.1. The topological polar surface area (TPSA) is 77.3 Å². The van der Waals surface area contributed by atoms with Crippen molar-refractivity contribution in [1.29, 1.82) is 0 Å². The molecule has 3 rings (SSSR count). The van der Waals surface area contributed by atoms with Gasteiger partial charge in [-0.2, -0.15) is 0 Å². The van der Waals surface area contributed by atoms with Crippen LogP contribution in [0, 0.1) is 10.1 Å². The normalized spacial score (nSPS) is 12.6. The first kappa shape index (κ1) is 11.5. The smallest absolute Gasteiger partial charge is 0.287 e. The molecule has 1 aromatic heterocycles. The number of nitrogens with one attached hydrogen (secondary N) is 1. The van der Waals surface area contributed by atoms with E-state index in [0.29, 0.717) is 12.4 Å². The van der Waals surface area contributed by atoms with Gasteiger partial charge < -0.3 is 10.1 Å². The van der Waals surface area contributed by atoms with E-state index in [4.69, 9.17) is 4.74 Å². The van der Waals surface area contributed by atoms with Crippen LogP contribution in [0.25, 0.3) is 0 Å². The first-order valence-electron chi connectivity index (χ1n) is 5.85. The van der Waals surface area contributed by atoms with Gasteiger partial charge in [-0.05, 0) is 29.8 Å². The van der Waals surface area contributed by atoms with E-state index in [2.05, 4.69) is 10.3 Å². The van der Waals surface area contributed by atoms with Crippen LogP contribution in [0.4, 0.5) is 17.2 Å². The molecule has 6 heteroatoms. The molecule has 0 spiro atoms. The third-order valence-electron chi connectivity index (χ3n) is 2.92. The van der Waals surface area contributed by atoms with E-state index in [0.717, 1.165) is 23.4 Å². The third kappa shape index (κ3) is 2.33. The van der Waals surface area contributed by atoms with Crippen LogP contribution in [0.3, 0.4) is 0 Å². The average Bonchev–Trinajstić information content (AvgIpc) is 2.87. The highest BCUT2D eigenvalue weighted by Crippen LogP contribution is 2.29. The maximum Gasteiger partial charge on any atom is 0.287 e. The van der Waals surface area contributed by atoms with Crippen molar-refractivity contribution in [2.24, 2.45) is 0 Å². The molecule has 0 saturated heterocycles. The van der Waals surface area contributed by atoms with Gasteiger partial charge in [0, 0.05) is 18.2 Å². The molecule has 0 fully saturated rings. The van der Waals surface area contributed by atoms with Gasteiger partial charge in [0.1, 0.15) is 17.8 Å². The van der Waals surface area contributed by atoms with Crippen LogP contribution in [-0.4, -0.2) is 16.5 Å². The van der Waals surface area contributed by atoms with E-state index < -0.39 is 4.92 Å². The second kappa shape index (κ2) is 4.56. The molecule has 0 aliphatic carbocycles. The Morgan fingerprint density at radius 1 is 1.32 bits per heavy atom. The van der Waals surface area contributed by atoms with Crippen molar-refractivity contribution in [2.75, 3.05) is 11.9 Å². The molecule has 0 bridgehead atoms. The Balaban J connectivity index is 1.79. The van der Waals surface area contributed by atoms with E-state index >= 15 is 0 Å². The monoisotopic (exact) mass is 257 g/mol. The van der Waals surface area contributed by atoms with Gasteiger partial charge in [-0.15, -0.1) is 0 Å². The Bertz CT molecular complexity index is 626. The van der Waals surface area contributed by atoms with E-state index in [1.54, 1.807) is 6.07 Å². The minimum atomic E-state index is -0.469. The zero-order valence-electron chi connectivity index (χ0n) is 10.00. The molecule has 2 heterocycles. The molecule has 2 aromatic rings. The highest BCUT2D eigenvalue weighted by molar-refractivity contribution is 5.60. The standard InChI is InChI=1S/C13H11N3O3/c17-16(18)11-2-4-13(14-8-11)15-10-1-3-12-9(7-10)5-6-19-12/h1-4,7-8H,5-6H2,(H,14,15). The maximum atomic E-state index is 10.5. The Morgan fingerprint density at radius 2 is 2.21 bits per heavy atom. The summed E-state index contributed by atoms with van der Waals surface area (Å²) in [6, 6.07) is 8.82. The number of pyridine rings is 1. The fourth-order valence-corrected chi connectivity index (χ4v) is 1.98. The fourth-order valence-electron chi connectivity index (χ4n) is 1.98. The molecular weight excluding hydrogens is 246 g/mol. The van der Waals surface area contributed by atoms with Gasteiger partial charge in [-0.3, -0.25) is 10.1 Å². The van der Waals surface area contributed by atoms with Gasteiger partial charge in [-0.25, -0.2) is 4.98 Å². The number of aromatic nitrogens is 1. The number of benzene rings is 1. The average molecular weight is 257 g/mol. The van der Waals surface area contributed by atoms with Crippen LogP contribution in [0.1, 0.15) is 5.56 Å². The van der Waals surface area contributed by atoms with Gasteiger partial charge in [0.25, 0.3) is 5.69 Å². The zero-order valence-corrected chi connectivity index (χ0v) is 10.00. The summed E-state index contributed by atoms with van der Waals surface area (Å²) in [4.78, 5) is 14.1. The predicted octanol–water partition coefficient (Wildman–Crippen LogP) is 2.67. The summed E-state index contributed by atoms with van der Waals surface area (Å²) >= 11 is 0. The Labute approximate surface area is 109 Å². The Morgan fingerprint density at radius 3 is 2.95 bits per heavy atom. The highest BCUT2D eigenvalue weighted by atomic mass is 16.6. The van der Waals surface area contributed by atoms with Crippen LogP contribution >= 0.6 is 0 Å². The molecule has 19 heavy (non-hydrogen) atoms. The van der Waals surface area contributed by atoms with Crippen molar-refractivity contribution < 1.29 is 9.66 Å². The van der Waals surface area contributed by atoms with Crippen molar-refractivity contribution >= 4 is 17.2 Å². The SMILES string of the molecule is O=[N+]([O-])c1ccc(Nc2ccc3c(c2)CCO3)nc1. The first-order valence-corrected chi connectivity index (χ1v) is 5.85. The van der Waals surface area contributed by atoms with Gasteiger partial charge in [-0.1, -0.05) is 0 Å². The molecule has 1 aromatic carbocycles. The highest BCUT2D eigenvalue weighted by Gasteiger charge is 2.12. The summed E-state index contributed by atoms with van der Waals surface area (Å²) in [5.41, 5.74) is 2.03. The summed E-state index contributed by atoms with van der Waals surface area (Å²) in [6.07, 6.45) is 2.14. The molecule has 1 N–H and O–H groups in total. The third-order valence-corrected chi connectivity index (χ3v) is 2.92. The minimum Gasteiger partial charge on any atom is -0.493 e. The van der Waals surface area contributed by atoms with E-state index in [-0.39, 0.29) is 5.69 Å². The van der Waals surface area contributed by atoms with Gasteiger partial charge >= 0.3 is 0 Å². The van der Waals surface area contributed by atoms with Crippen LogP contribution in [-0.2, 0) is 6.42 Å². The van der Waals surface area contributed by atoms with Crippen LogP contribution in [0.2, 0.25) is 0 Å². The van der Waals surface area contributed by atoms with E-state index in [1.807, 2.05) is 18.2 Å². The number of nitro groups is 1. The van der Waals surface area contributed by atoms with Crippen molar-refractivity contribution in [3.05, 3.63) is 52.2 Å². The molecule has 0 atom stereocenters. The number of nitrogens with zero attached hydrogens (tertiary/aromatic N) is 2. The number of rotatable bonds is 3. The van der Waals surface area contributed by atoms with Gasteiger partial charge in [0.05, 0.1) is 11.5 Å². The summed E-state index contributed by atoms with van der Waals surface area (Å²) in [5.74, 6) is 1.49. The molecule has 0 unspecified atom stereocenters. The first-order chi connectivity index (χ1) is 9.22. The van der Waals surface area contributed by atoms with Crippen molar-refractivity contribution in [3.63, 3.8) is 0 Å². The lowest BCUT2D eigenvalue weighted by molar-refractivity contribution is -0.385. The number of ether oxygens (including phenoxy) is 1. The Kier molecular flexibility index (Phi) is 2.75. The van der Waals surface area contributed by atoms with Gasteiger partial charge in [0.15, 0.2) is 0 Å². The van der Waals surface area contributed by atoms with E-state index in [9.17, 15) is 10.1 Å². The summed E-state index contributed by atoms with van der Waals surface area (Å²) in [7, 11) is 0. The molecule has 96 valence electrons. The predicted molar refractivity (Wildman–Crippen MR) is 69.8 cm³/mol. The second-order valence-electron chi connectivity index (χ2n) is 4.20. The molecule has 0 saturated carbocycles. The maximum absolute atomic E-state index is 10.5. The number of fused-ring (bicyclic) bond motifs is 1. The van der Waals surface area contributed by atoms with Gasteiger partial charge in [0.2, 0.25) is 0 Å². The quantitative estimate of drug-likeness (QED) is 0.675. The molecule has 0 amide bonds. The molecule has 6 nitrogen and oxygen atoms in total. The summed E-state index contributed by atoms with van der Waals surface area (Å²) < 4.78 is 5.43. The lowest BCUT2D eigenvalue weighted by Gasteiger charge is -2.06. The Hall–Kier alpha value is -2.63. The second-order valence-corrected chi connectivity index (χ2v) is 4.20. The molecular formula is C13H11N3O3. The van der Waals surface area contributed by atoms with Crippen LogP contribution in [0.15, 0.2) is 36.5 Å². The lowest BCUT2D eigenvalue weighted by Crippen LogP contribution is -1.95. The molecule has 1 aliphatic rings. The number of hydrogen-bond donors (Lipinski definition) is 1. The molecule has 0 radical (unpaired) electrons. The number of hydrogen-bond acceptors (Lipinski definition) is 5. The van der Waals surface area contributed by atoms with E-state index in [1.165, 1.54) is 12.3 Å². The van der Waals surface area contributed by atoms with Crippen molar-refractivity contribution in [2.45, 2.75) is 6.42 Å². The largest absolute Gasteiger partial charge is 0.493 e. The molecule has 1 aliphatic heterocycles. The van der Waals surface area contributed by atoms with Crippen molar-refractivity contribution in [3.8, 4) is 5.75 Å². The zero-order chi connectivity index (χ0) is 13.2. The van der Waals surface area contributed by atoms with Crippen LogP contribution in [0.5, 0.6) is 5.75 Å². The van der Waals surface area contributed by atoms with Crippen molar-refractivity contribution in [1.82, 2.24) is 4.98 Å².